The zero-order valence-corrected chi connectivity index (χ0v) is 15.2. The molecule has 0 aromatic heterocycles. The quantitative estimate of drug-likeness (QED) is 0.473. The minimum Gasteiger partial charge on any atom is -1.00 e. The van der Waals surface area contributed by atoms with Crippen LogP contribution in [-0.4, -0.2) is 31.4 Å². The molecule has 0 fully saturated rings. The predicted molar refractivity (Wildman–Crippen MR) is 64.3 cm³/mol. The van der Waals surface area contributed by atoms with Crippen LogP contribution in [0.15, 0.2) is 12.1 Å². The molecule has 24 heavy (non-hydrogen) atoms. The summed E-state index contributed by atoms with van der Waals surface area (Å²) in [4.78, 5) is 11.8. The number of benzene rings is 1. The molecule has 1 aromatic rings. The zero-order chi connectivity index (χ0) is 17.7. The molecule has 0 amide bonds. The van der Waals surface area contributed by atoms with Gasteiger partial charge in [0, 0.05) is 0 Å². The van der Waals surface area contributed by atoms with E-state index in [0.717, 1.165) is 13.1 Å². The van der Waals surface area contributed by atoms with E-state index in [9.17, 15) is 44.3 Å². The van der Waals surface area contributed by atoms with Gasteiger partial charge in [0.25, 0.3) is 0 Å². The van der Waals surface area contributed by atoms with Crippen molar-refractivity contribution in [2.45, 2.75) is 31.6 Å². The summed E-state index contributed by atoms with van der Waals surface area (Å²) in [6.45, 7) is 1.54. The fourth-order valence-electron chi connectivity index (χ4n) is 1.93. The molecule has 0 N–H and O–H groups in total. The molecule has 0 unspecified atom stereocenters. The molecule has 1 aromatic carbocycles. The zero-order valence-electron chi connectivity index (χ0n) is 12.0. The SMILES string of the molecule is C[Si](C)([O-])c1ccc(C(F)(F)F)c(C(F)(F)F)c1C(F)(F)F.[Cl-].[Mg+2]. The van der Waals surface area contributed by atoms with Gasteiger partial charge in [0.05, 0.1) is 16.7 Å². The Bertz CT molecular complexity index is 524. The second-order valence-corrected chi connectivity index (χ2v) is 8.47. The van der Waals surface area contributed by atoms with Crippen LogP contribution in [-0.2, 0) is 18.5 Å². The predicted octanol–water partition coefficient (Wildman–Crippen LogP) is 0.139. The molecule has 1 rings (SSSR count). The average molecular weight is 415 g/mol. The Kier molecular flexibility index (Phi) is 8.25. The third kappa shape index (κ3) is 5.68. The second-order valence-electron chi connectivity index (χ2n) is 4.91. The minimum absolute atomic E-state index is 0. The molecule has 0 aliphatic heterocycles. The topological polar surface area (TPSA) is 23.1 Å². The number of halogens is 10. The van der Waals surface area contributed by atoms with E-state index in [-0.39, 0.29) is 47.6 Å². The van der Waals surface area contributed by atoms with Gasteiger partial charge in [-0.1, -0.05) is 24.3 Å². The van der Waals surface area contributed by atoms with Gasteiger partial charge in [-0.15, -0.1) is 0 Å². The van der Waals surface area contributed by atoms with Crippen LogP contribution in [0.25, 0.3) is 0 Å². The van der Waals surface area contributed by atoms with Gasteiger partial charge in [0.1, 0.15) is 0 Å². The van der Waals surface area contributed by atoms with Crippen LogP contribution in [0, 0.1) is 0 Å². The van der Waals surface area contributed by atoms with Gasteiger partial charge in [-0.05, 0) is 14.4 Å². The first-order chi connectivity index (χ1) is 9.47. The van der Waals surface area contributed by atoms with E-state index in [1.807, 2.05) is 0 Å². The number of hydrogen-bond donors (Lipinski definition) is 0. The van der Waals surface area contributed by atoms with Crippen LogP contribution in [0.4, 0.5) is 39.5 Å². The molecular formula is C11H8ClF9MgOSi. The molecule has 0 aliphatic rings. The largest absolute Gasteiger partial charge is 2.00 e. The Balaban J connectivity index is 0. The van der Waals surface area contributed by atoms with Crippen molar-refractivity contribution >= 4 is 36.6 Å². The van der Waals surface area contributed by atoms with Crippen molar-refractivity contribution in [3.8, 4) is 0 Å². The van der Waals surface area contributed by atoms with Gasteiger partial charge < -0.3 is 17.2 Å². The fraction of sp³-hybridized carbons (Fsp3) is 0.455. The summed E-state index contributed by atoms with van der Waals surface area (Å²) in [5.74, 6) is 0. The molecule has 0 spiro atoms. The van der Waals surface area contributed by atoms with Crippen LogP contribution < -0.4 is 22.4 Å². The van der Waals surface area contributed by atoms with Gasteiger partial charge >= 0.3 is 41.6 Å². The smallest absolute Gasteiger partial charge is 1.00 e. The summed E-state index contributed by atoms with van der Waals surface area (Å²) >= 11 is 0. The molecule has 0 radical (unpaired) electrons. The molecule has 1 nitrogen and oxygen atoms in total. The van der Waals surface area contributed by atoms with Gasteiger partial charge in [-0.25, -0.2) is 0 Å². The van der Waals surface area contributed by atoms with Gasteiger partial charge in [0.2, 0.25) is 0 Å². The summed E-state index contributed by atoms with van der Waals surface area (Å²) in [6.07, 6.45) is -17.3. The third-order valence-corrected chi connectivity index (χ3v) is 4.44. The monoisotopic (exact) mass is 414 g/mol. The number of alkyl halides is 9. The second kappa shape index (κ2) is 7.60. The molecule has 13 heteroatoms. The molecule has 134 valence electrons. The molecule has 0 saturated carbocycles. The van der Waals surface area contributed by atoms with Crippen molar-refractivity contribution < 1.29 is 56.7 Å². The van der Waals surface area contributed by atoms with Gasteiger partial charge in [0.15, 0.2) is 0 Å². The maximum Gasteiger partial charge on any atom is 2.00 e. The Morgan fingerprint density at radius 3 is 1.38 bits per heavy atom. The maximum atomic E-state index is 13.0. The van der Waals surface area contributed by atoms with E-state index >= 15 is 0 Å². The molecular weight excluding hydrogens is 407 g/mol. The van der Waals surface area contributed by atoms with E-state index in [2.05, 4.69) is 0 Å². The molecule has 0 atom stereocenters. The average Bonchev–Trinajstić information content (AvgIpc) is 2.22. The summed E-state index contributed by atoms with van der Waals surface area (Å²) in [7, 11) is -4.22. The maximum absolute atomic E-state index is 13.0. The first kappa shape index (κ1) is 26.1. The molecule has 0 bridgehead atoms. The van der Waals surface area contributed by atoms with Crippen LogP contribution in [0.2, 0.25) is 13.1 Å². The van der Waals surface area contributed by atoms with Crippen LogP contribution in [0.1, 0.15) is 16.7 Å². The Morgan fingerprint density at radius 1 is 0.750 bits per heavy atom. The van der Waals surface area contributed by atoms with Crippen molar-refractivity contribution in [2.75, 3.05) is 0 Å². The van der Waals surface area contributed by atoms with Gasteiger partial charge in [-0.2, -0.15) is 39.5 Å². The summed E-state index contributed by atoms with van der Waals surface area (Å²) in [5.41, 5.74) is -7.86. The van der Waals surface area contributed by atoms with E-state index in [0.29, 0.717) is 0 Å². The Labute approximate surface area is 153 Å². The van der Waals surface area contributed by atoms with E-state index in [4.69, 9.17) is 0 Å². The number of rotatable bonds is 1. The third-order valence-electron chi connectivity index (χ3n) is 2.73. The Morgan fingerprint density at radius 2 is 1.12 bits per heavy atom. The van der Waals surface area contributed by atoms with Crippen molar-refractivity contribution in [3.05, 3.63) is 28.8 Å². The van der Waals surface area contributed by atoms with Crippen LogP contribution >= 0.6 is 0 Å². The molecule has 0 heterocycles. The molecule has 0 saturated heterocycles. The fourth-order valence-corrected chi connectivity index (χ4v) is 3.28. The van der Waals surface area contributed by atoms with Crippen molar-refractivity contribution in [1.29, 1.82) is 0 Å². The standard InChI is InChI=1S/C11H8F9OSi.ClH.Mg/c1-22(2,21)6-4-3-5(9(12,13)14)7(10(15,16)17)8(6)11(18,19)20;;/h3-4H,1-2H3;1H;/q-1;;+2/p-1. The van der Waals surface area contributed by atoms with Crippen molar-refractivity contribution in [3.63, 3.8) is 0 Å². The van der Waals surface area contributed by atoms with E-state index in [1.165, 1.54) is 0 Å². The van der Waals surface area contributed by atoms with Crippen LogP contribution in [0.5, 0.6) is 0 Å². The van der Waals surface area contributed by atoms with E-state index < -0.39 is 48.7 Å². The summed E-state index contributed by atoms with van der Waals surface area (Å²) in [6, 6.07) is 0.0696. The summed E-state index contributed by atoms with van der Waals surface area (Å²) < 4.78 is 115. The van der Waals surface area contributed by atoms with Crippen molar-refractivity contribution in [2.24, 2.45) is 0 Å². The summed E-state index contributed by atoms with van der Waals surface area (Å²) in [5, 5.41) is -1.26. The number of hydrogen-bond acceptors (Lipinski definition) is 1. The first-order valence-electron chi connectivity index (χ1n) is 5.57. The van der Waals surface area contributed by atoms with Crippen LogP contribution in [0.3, 0.4) is 0 Å². The molecule has 0 aliphatic carbocycles. The van der Waals surface area contributed by atoms with Gasteiger partial charge in [-0.3, -0.25) is 0 Å². The Hall–Kier alpha value is -0.177. The van der Waals surface area contributed by atoms with E-state index in [1.54, 1.807) is 0 Å². The first-order valence-corrected chi connectivity index (χ1v) is 8.47. The minimum atomic E-state index is -5.91. The van der Waals surface area contributed by atoms with Crippen molar-refractivity contribution in [1.82, 2.24) is 0 Å². The normalized spacial score (nSPS) is 13.2.